The lowest BCUT2D eigenvalue weighted by Gasteiger charge is -2.29. The Kier molecular flexibility index (Phi) is 4.81. The van der Waals surface area contributed by atoms with Crippen molar-refractivity contribution < 1.29 is 0 Å². The van der Waals surface area contributed by atoms with Crippen molar-refractivity contribution >= 4 is 23.0 Å². The molecule has 0 N–H and O–H groups in total. The Morgan fingerprint density at radius 2 is 1.64 bits per heavy atom. The molecule has 4 aromatic carbocycles. The van der Waals surface area contributed by atoms with Crippen LogP contribution in [0, 0.1) is 0 Å². The number of anilines is 2. The Morgan fingerprint density at radius 1 is 0.806 bits per heavy atom. The van der Waals surface area contributed by atoms with Crippen LogP contribution in [0.2, 0.25) is 5.02 Å². The van der Waals surface area contributed by atoms with Crippen molar-refractivity contribution in [2.24, 2.45) is 0 Å². The molecule has 3 aliphatic rings. The predicted molar refractivity (Wildman–Crippen MR) is 152 cm³/mol. The highest BCUT2D eigenvalue weighted by atomic mass is 35.5. The number of para-hydroxylation sites is 1. The zero-order chi connectivity index (χ0) is 24.4. The van der Waals surface area contributed by atoms with Gasteiger partial charge in [0.05, 0.1) is 0 Å². The van der Waals surface area contributed by atoms with Gasteiger partial charge in [-0.1, -0.05) is 104 Å². The summed E-state index contributed by atoms with van der Waals surface area (Å²) in [5, 5.41) is 0.799. The third-order valence-corrected chi connectivity index (χ3v) is 8.60. The normalized spacial score (nSPS) is 20.5. The maximum atomic E-state index is 6.41. The van der Waals surface area contributed by atoms with Crippen molar-refractivity contribution in [2.75, 3.05) is 4.90 Å². The van der Waals surface area contributed by atoms with Gasteiger partial charge >= 0.3 is 0 Å². The van der Waals surface area contributed by atoms with E-state index in [0.29, 0.717) is 12.0 Å². The molecule has 0 spiro atoms. The van der Waals surface area contributed by atoms with E-state index < -0.39 is 0 Å². The van der Waals surface area contributed by atoms with Crippen molar-refractivity contribution in [1.29, 1.82) is 0 Å². The van der Waals surface area contributed by atoms with Gasteiger partial charge in [0.15, 0.2) is 0 Å². The molecule has 1 nitrogen and oxygen atoms in total. The Bertz CT molecular complexity index is 1560. The van der Waals surface area contributed by atoms with E-state index >= 15 is 0 Å². The zero-order valence-electron chi connectivity index (χ0n) is 20.6. The second-order valence-electron chi connectivity index (χ2n) is 10.7. The molecule has 0 amide bonds. The molecule has 2 heteroatoms. The summed E-state index contributed by atoms with van der Waals surface area (Å²) in [7, 11) is 0. The molecule has 1 aliphatic heterocycles. The minimum atomic E-state index is -0.0691. The molecule has 1 heterocycles. The van der Waals surface area contributed by atoms with Gasteiger partial charge in [-0.05, 0) is 75.7 Å². The average molecular weight is 486 g/mol. The number of allylic oxidation sites excluding steroid dienone is 2. The summed E-state index contributed by atoms with van der Waals surface area (Å²) in [4.78, 5) is 2.54. The minimum Gasteiger partial charge on any atom is -0.337 e. The van der Waals surface area contributed by atoms with Gasteiger partial charge in [-0.2, -0.15) is 0 Å². The summed E-state index contributed by atoms with van der Waals surface area (Å²) in [6, 6.07) is 31.6. The van der Waals surface area contributed by atoms with Gasteiger partial charge in [0.2, 0.25) is 0 Å². The highest BCUT2D eigenvalue weighted by Crippen LogP contribution is 2.53. The van der Waals surface area contributed by atoms with Crippen molar-refractivity contribution in [1.82, 2.24) is 0 Å². The van der Waals surface area contributed by atoms with E-state index in [1.165, 1.54) is 50.3 Å². The molecule has 0 fully saturated rings. The van der Waals surface area contributed by atoms with Gasteiger partial charge in [-0.15, -0.1) is 0 Å². The number of hydrogen-bond donors (Lipinski definition) is 0. The standard InChI is InChI=1S/C34H28ClN/c1-34(2)29-12-8-11-25(33(29)28-20-17-23(35)21-30(28)34)22-15-18-24(19-16-22)36-31-13-5-3-4-9-26(31)27-10-6-7-14-32(27)36/h3-12,14-21,26,31H,13H2,1-2H3. The van der Waals surface area contributed by atoms with Crippen LogP contribution in [-0.2, 0) is 5.41 Å². The first-order valence-corrected chi connectivity index (χ1v) is 13.2. The maximum Gasteiger partial charge on any atom is 0.0480 e. The van der Waals surface area contributed by atoms with Crippen molar-refractivity contribution in [2.45, 2.75) is 37.6 Å². The molecule has 7 rings (SSSR count). The molecule has 0 radical (unpaired) electrons. The molecule has 36 heavy (non-hydrogen) atoms. The first-order chi connectivity index (χ1) is 17.5. The molecule has 4 aromatic rings. The molecule has 176 valence electrons. The monoisotopic (exact) mass is 485 g/mol. The lowest BCUT2D eigenvalue weighted by molar-refractivity contribution is 0.643. The van der Waals surface area contributed by atoms with E-state index in [1.54, 1.807) is 0 Å². The van der Waals surface area contributed by atoms with Crippen molar-refractivity contribution in [3.05, 3.63) is 131 Å². The van der Waals surface area contributed by atoms with Crippen LogP contribution < -0.4 is 4.90 Å². The van der Waals surface area contributed by atoms with Crippen LogP contribution in [-0.4, -0.2) is 6.04 Å². The SMILES string of the molecule is CC1(C)c2cc(Cl)ccc2-c2c(-c3ccc(N4c5ccccc5C5C=CC=CCC54)cc3)cccc21. The second-order valence-corrected chi connectivity index (χ2v) is 11.1. The fourth-order valence-corrected chi connectivity index (χ4v) is 6.80. The van der Waals surface area contributed by atoms with E-state index in [-0.39, 0.29) is 5.41 Å². The van der Waals surface area contributed by atoms with Crippen LogP contribution in [0.3, 0.4) is 0 Å². The molecular weight excluding hydrogens is 458 g/mol. The van der Waals surface area contributed by atoms with Crippen molar-refractivity contribution in [3.63, 3.8) is 0 Å². The predicted octanol–water partition coefficient (Wildman–Crippen LogP) is 9.43. The Morgan fingerprint density at radius 3 is 2.50 bits per heavy atom. The van der Waals surface area contributed by atoms with Gasteiger partial charge in [0.1, 0.15) is 0 Å². The number of benzene rings is 4. The van der Waals surface area contributed by atoms with Gasteiger partial charge in [-0.3, -0.25) is 0 Å². The lowest BCUT2D eigenvalue weighted by Crippen LogP contribution is -2.28. The molecule has 2 atom stereocenters. The van der Waals surface area contributed by atoms with E-state index in [4.69, 9.17) is 11.6 Å². The first kappa shape index (κ1) is 21.7. The van der Waals surface area contributed by atoms with Gasteiger partial charge < -0.3 is 4.90 Å². The number of halogens is 1. The first-order valence-electron chi connectivity index (χ1n) is 12.8. The third kappa shape index (κ3) is 3.09. The number of nitrogens with zero attached hydrogens (tertiary/aromatic N) is 1. The minimum absolute atomic E-state index is 0.0691. The highest BCUT2D eigenvalue weighted by Gasteiger charge is 2.38. The zero-order valence-corrected chi connectivity index (χ0v) is 21.3. The largest absolute Gasteiger partial charge is 0.337 e. The Hall–Kier alpha value is -3.55. The molecule has 2 aliphatic carbocycles. The van der Waals surface area contributed by atoms with Gasteiger partial charge in [0.25, 0.3) is 0 Å². The topological polar surface area (TPSA) is 3.24 Å². The summed E-state index contributed by atoms with van der Waals surface area (Å²) >= 11 is 6.41. The molecular formula is C34H28ClN. The van der Waals surface area contributed by atoms with Gasteiger partial charge in [0, 0.05) is 33.8 Å². The lowest BCUT2D eigenvalue weighted by atomic mass is 9.82. The fourth-order valence-electron chi connectivity index (χ4n) is 6.63. The van der Waals surface area contributed by atoms with E-state index in [2.05, 4.69) is 122 Å². The highest BCUT2D eigenvalue weighted by molar-refractivity contribution is 6.30. The Labute approximate surface area is 218 Å². The van der Waals surface area contributed by atoms with Gasteiger partial charge in [-0.25, -0.2) is 0 Å². The van der Waals surface area contributed by atoms with E-state index in [9.17, 15) is 0 Å². The Balaban J connectivity index is 1.32. The second kappa shape index (κ2) is 7.98. The quantitative estimate of drug-likeness (QED) is 0.273. The van der Waals surface area contributed by atoms with Crippen LogP contribution in [0.5, 0.6) is 0 Å². The summed E-state index contributed by atoms with van der Waals surface area (Å²) in [6.45, 7) is 4.61. The molecule has 0 aromatic heterocycles. The fraction of sp³-hybridized carbons (Fsp3) is 0.176. The van der Waals surface area contributed by atoms with Crippen LogP contribution >= 0.6 is 11.6 Å². The number of fused-ring (bicyclic) bond motifs is 6. The number of hydrogen-bond acceptors (Lipinski definition) is 1. The maximum absolute atomic E-state index is 6.41. The summed E-state index contributed by atoms with van der Waals surface area (Å²) in [5.74, 6) is 0.416. The van der Waals surface area contributed by atoms with E-state index in [1.807, 2.05) is 6.07 Å². The molecule has 2 unspecified atom stereocenters. The molecule has 0 bridgehead atoms. The van der Waals surface area contributed by atoms with Crippen LogP contribution in [0.25, 0.3) is 22.3 Å². The summed E-state index contributed by atoms with van der Waals surface area (Å²) < 4.78 is 0. The van der Waals surface area contributed by atoms with Crippen LogP contribution in [0.4, 0.5) is 11.4 Å². The summed E-state index contributed by atoms with van der Waals surface area (Å²) in [5.41, 5.74) is 11.8. The smallest absolute Gasteiger partial charge is 0.0480 e. The van der Waals surface area contributed by atoms with E-state index in [0.717, 1.165) is 11.4 Å². The number of rotatable bonds is 2. The average Bonchev–Trinajstić information content (AvgIpc) is 3.18. The summed E-state index contributed by atoms with van der Waals surface area (Å²) in [6.07, 6.45) is 10.1. The van der Waals surface area contributed by atoms with Crippen LogP contribution in [0.15, 0.2) is 109 Å². The van der Waals surface area contributed by atoms with Crippen molar-refractivity contribution in [3.8, 4) is 22.3 Å². The molecule has 0 saturated carbocycles. The van der Waals surface area contributed by atoms with Crippen LogP contribution in [0.1, 0.15) is 42.9 Å². The molecule has 0 saturated heterocycles. The third-order valence-electron chi connectivity index (χ3n) is 8.36.